The third-order valence-corrected chi connectivity index (χ3v) is 5.23. The molecule has 4 nitrogen and oxygen atoms in total. The molecule has 2 fully saturated rings. The highest BCUT2D eigenvalue weighted by Crippen LogP contribution is 2.39. The molecular formula is C15H28N2O2. The molecule has 0 aromatic carbocycles. The summed E-state index contributed by atoms with van der Waals surface area (Å²) in [6, 6.07) is 0.153. The topological polar surface area (TPSA) is 61.4 Å². The predicted octanol–water partition coefficient (Wildman–Crippen LogP) is 2.27. The zero-order valence-corrected chi connectivity index (χ0v) is 12.4. The van der Waals surface area contributed by atoms with E-state index in [9.17, 15) is 9.90 Å². The Morgan fingerprint density at radius 2 is 1.95 bits per heavy atom. The van der Waals surface area contributed by atoms with Gasteiger partial charge in [0, 0.05) is 6.04 Å². The molecule has 0 aromatic rings. The molecule has 0 aliphatic heterocycles. The Hall–Kier alpha value is -0.770. The average molecular weight is 268 g/mol. The molecule has 0 spiro atoms. The molecule has 2 saturated carbocycles. The van der Waals surface area contributed by atoms with Crippen LogP contribution in [0.25, 0.3) is 0 Å². The lowest BCUT2D eigenvalue weighted by atomic mass is 9.78. The molecule has 2 aliphatic carbocycles. The summed E-state index contributed by atoms with van der Waals surface area (Å²) in [5.41, 5.74) is -0.451. The number of carbonyl (C=O) groups excluding carboxylic acids is 1. The van der Waals surface area contributed by atoms with Crippen LogP contribution < -0.4 is 10.6 Å². The fourth-order valence-electron chi connectivity index (χ4n) is 3.24. The number of hydrogen-bond acceptors (Lipinski definition) is 2. The maximum atomic E-state index is 12.1. The largest absolute Gasteiger partial charge is 0.394 e. The fraction of sp³-hybridized carbons (Fsp3) is 0.933. The van der Waals surface area contributed by atoms with Gasteiger partial charge in [-0.15, -0.1) is 0 Å². The van der Waals surface area contributed by atoms with Gasteiger partial charge in [-0.3, -0.25) is 0 Å². The van der Waals surface area contributed by atoms with Gasteiger partial charge < -0.3 is 15.7 Å². The molecule has 4 atom stereocenters. The minimum atomic E-state index is -0.451. The highest BCUT2D eigenvalue weighted by atomic mass is 16.3. The zero-order chi connectivity index (χ0) is 14.0. The maximum Gasteiger partial charge on any atom is 0.315 e. The molecule has 2 amide bonds. The minimum absolute atomic E-state index is 0.0156. The highest BCUT2D eigenvalue weighted by Gasteiger charge is 2.42. The molecule has 0 radical (unpaired) electrons. The number of urea groups is 1. The molecule has 0 heterocycles. The van der Waals surface area contributed by atoms with E-state index in [0.717, 1.165) is 19.3 Å². The third kappa shape index (κ3) is 3.41. The van der Waals surface area contributed by atoms with E-state index < -0.39 is 5.54 Å². The number of carbonyl (C=O) groups is 1. The van der Waals surface area contributed by atoms with Crippen LogP contribution in [-0.2, 0) is 0 Å². The monoisotopic (exact) mass is 268 g/mol. The molecular weight excluding hydrogens is 240 g/mol. The van der Waals surface area contributed by atoms with Crippen molar-refractivity contribution in [3.05, 3.63) is 0 Å². The lowest BCUT2D eigenvalue weighted by Gasteiger charge is -2.36. The summed E-state index contributed by atoms with van der Waals surface area (Å²) in [5, 5.41) is 15.6. The van der Waals surface area contributed by atoms with Gasteiger partial charge in [-0.1, -0.05) is 26.7 Å². The summed E-state index contributed by atoms with van der Waals surface area (Å²) in [5.74, 6) is 1.64. The molecule has 4 unspecified atom stereocenters. The van der Waals surface area contributed by atoms with E-state index in [-0.39, 0.29) is 18.7 Å². The number of aliphatic hydroxyl groups is 1. The van der Waals surface area contributed by atoms with Gasteiger partial charge in [0.05, 0.1) is 12.1 Å². The van der Waals surface area contributed by atoms with Gasteiger partial charge in [-0.25, -0.2) is 4.79 Å². The van der Waals surface area contributed by atoms with Crippen molar-refractivity contribution in [1.29, 1.82) is 0 Å². The van der Waals surface area contributed by atoms with E-state index in [1.165, 1.54) is 12.8 Å². The number of amides is 2. The number of hydrogen-bond donors (Lipinski definition) is 3. The van der Waals surface area contributed by atoms with Gasteiger partial charge in [0.2, 0.25) is 0 Å². The lowest BCUT2D eigenvalue weighted by molar-refractivity contribution is 0.147. The molecule has 0 aromatic heterocycles. The summed E-state index contributed by atoms with van der Waals surface area (Å²) >= 11 is 0. The van der Waals surface area contributed by atoms with Crippen molar-refractivity contribution in [1.82, 2.24) is 10.6 Å². The summed E-state index contributed by atoms with van der Waals surface area (Å²) in [4.78, 5) is 12.1. The van der Waals surface area contributed by atoms with Gasteiger partial charge in [0.1, 0.15) is 0 Å². The van der Waals surface area contributed by atoms with Crippen molar-refractivity contribution < 1.29 is 9.90 Å². The van der Waals surface area contributed by atoms with Crippen molar-refractivity contribution in [2.75, 3.05) is 6.61 Å². The molecule has 2 rings (SSSR count). The normalized spacial score (nSPS) is 34.4. The van der Waals surface area contributed by atoms with Crippen LogP contribution in [0.15, 0.2) is 0 Å². The second kappa shape index (κ2) is 5.70. The van der Waals surface area contributed by atoms with Crippen LogP contribution in [0.2, 0.25) is 0 Å². The van der Waals surface area contributed by atoms with Crippen LogP contribution in [0.3, 0.4) is 0 Å². The van der Waals surface area contributed by atoms with Gasteiger partial charge >= 0.3 is 6.03 Å². The molecule has 4 heteroatoms. The molecule has 19 heavy (non-hydrogen) atoms. The molecule has 0 bridgehead atoms. The number of nitrogens with one attached hydrogen (secondary N) is 2. The van der Waals surface area contributed by atoms with Crippen LogP contribution >= 0.6 is 0 Å². The van der Waals surface area contributed by atoms with Crippen molar-refractivity contribution in [3.8, 4) is 0 Å². The first-order valence-electron chi connectivity index (χ1n) is 7.66. The third-order valence-electron chi connectivity index (χ3n) is 5.23. The quantitative estimate of drug-likeness (QED) is 0.732. The second-order valence-electron chi connectivity index (χ2n) is 6.82. The Balaban J connectivity index is 1.86. The lowest BCUT2D eigenvalue weighted by Crippen LogP contribution is -2.57. The SMILES string of the molecule is CC1CCCC(NC(=O)NC(C)(CO)C2CC2)C1C. The van der Waals surface area contributed by atoms with E-state index >= 15 is 0 Å². The second-order valence-corrected chi connectivity index (χ2v) is 6.82. The summed E-state index contributed by atoms with van der Waals surface area (Å²) in [6.45, 7) is 6.44. The van der Waals surface area contributed by atoms with E-state index in [2.05, 4.69) is 24.5 Å². The van der Waals surface area contributed by atoms with Crippen LogP contribution in [0.1, 0.15) is 52.9 Å². The summed E-state index contributed by atoms with van der Waals surface area (Å²) in [6.07, 6.45) is 5.73. The molecule has 110 valence electrons. The Morgan fingerprint density at radius 3 is 2.53 bits per heavy atom. The standard InChI is InChI=1S/C15H28N2O2/c1-10-5-4-6-13(11(10)2)16-14(19)17-15(3,9-18)12-7-8-12/h10-13,18H,4-9H2,1-3H3,(H2,16,17,19). The fourth-order valence-corrected chi connectivity index (χ4v) is 3.24. The minimum Gasteiger partial charge on any atom is -0.394 e. The maximum absolute atomic E-state index is 12.1. The van der Waals surface area contributed by atoms with Crippen molar-refractivity contribution in [2.24, 2.45) is 17.8 Å². The van der Waals surface area contributed by atoms with Crippen molar-refractivity contribution >= 4 is 6.03 Å². The highest BCUT2D eigenvalue weighted by molar-refractivity contribution is 5.75. The first-order chi connectivity index (χ1) is 8.96. The first kappa shape index (κ1) is 14.6. The Labute approximate surface area is 116 Å². The number of rotatable bonds is 4. The van der Waals surface area contributed by atoms with E-state index in [0.29, 0.717) is 17.8 Å². The van der Waals surface area contributed by atoms with E-state index in [4.69, 9.17) is 0 Å². The van der Waals surface area contributed by atoms with Crippen LogP contribution in [0.4, 0.5) is 4.79 Å². The van der Waals surface area contributed by atoms with Crippen LogP contribution in [0, 0.1) is 17.8 Å². The van der Waals surface area contributed by atoms with E-state index in [1.54, 1.807) is 0 Å². The number of aliphatic hydroxyl groups excluding tert-OH is 1. The Morgan fingerprint density at radius 1 is 1.26 bits per heavy atom. The predicted molar refractivity (Wildman–Crippen MR) is 75.8 cm³/mol. The van der Waals surface area contributed by atoms with Gasteiger partial charge in [-0.05, 0) is 43.9 Å². The van der Waals surface area contributed by atoms with E-state index in [1.807, 2.05) is 6.92 Å². The Kier molecular flexibility index (Phi) is 4.39. The summed E-state index contributed by atoms with van der Waals surface area (Å²) in [7, 11) is 0. The van der Waals surface area contributed by atoms with Gasteiger partial charge in [0.25, 0.3) is 0 Å². The van der Waals surface area contributed by atoms with Crippen LogP contribution in [0.5, 0.6) is 0 Å². The zero-order valence-electron chi connectivity index (χ0n) is 12.4. The molecule has 3 N–H and O–H groups in total. The molecule has 2 aliphatic rings. The van der Waals surface area contributed by atoms with Crippen LogP contribution in [-0.4, -0.2) is 29.3 Å². The van der Waals surface area contributed by atoms with Gasteiger partial charge in [0.15, 0.2) is 0 Å². The van der Waals surface area contributed by atoms with Crippen molar-refractivity contribution in [2.45, 2.75) is 64.5 Å². The molecule has 0 saturated heterocycles. The Bertz CT molecular complexity index is 330. The average Bonchev–Trinajstić information content (AvgIpc) is 3.19. The smallest absolute Gasteiger partial charge is 0.315 e. The van der Waals surface area contributed by atoms with Crippen molar-refractivity contribution in [3.63, 3.8) is 0 Å². The summed E-state index contributed by atoms with van der Waals surface area (Å²) < 4.78 is 0. The van der Waals surface area contributed by atoms with Gasteiger partial charge in [-0.2, -0.15) is 0 Å². The first-order valence-corrected chi connectivity index (χ1v) is 7.66.